The Balaban J connectivity index is 1.43. The van der Waals surface area contributed by atoms with Crippen LogP contribution in [0.4, 0.5) is 5.69 Å². The number of amides is 6. The van der Waals surface area contributed by atoms with Gasteiger partial charge in [-0.05, 0) is 56.2 Å². The van der Waals surface area contributed by atoms with Gasteiger partial charge in [0.2, 0.25) is 17.7 Å². The Kier molecular flexibility index (Phi) is 17.5. The normalized spacial score (nSPS) is 14.1. The Bertz CT molecular complexity index is 1640. The minimum absolute atomic E-state index is 0.0407. The summed E-state index contributed by atoms with van der Waals surface area (Å²) in [5.74, 6) is -1.97. The maximum absolute atomic E-state index is 13.1. The predicted molar refractivity (Wildman–Crippen MR) is 205 cm³/mol. The quantitative estimate of drug-likeness (QED) is 0.0868. The molecular formula is C39H54N6O8S. The lowest BCUT2D eigenvalue weighted by atomic mass is 9.96. The molecule has 3 rings (SSSR count). The molecule has 6 amide bonds. The van der Waals surface area contributed by atoms with Crippen molar-refractivity contribution in [3.05, 3.63) is 58.1 Å². The third-order valence-corrected chi connectivity index (χ3v) is 9.92. The van der Waals surface area contributed by atoms with Gasteiger partial charge in [0.1, 0.15) is 10.7 Å². The van der Waals surface area contributed by atoms with Gasteiger partial charge in [-0.15, -0.1) is 11.3 Å². The van der Waals surface area contributed by atoms with E-state index in [1.165, 1.54) is 35.3 Å². The zero-order valence-corrected chi connectivity index (χ0v) is 33.0. The number of aromatic nitrogens is 1. The van der Waals surface area contributed by atoms with Crippen molar-refractivity contribution in [2.45, 2.75) is 111 Å². The molecule has 15 heteroatoms. The molecule has 2 heterocycles. The molecule has 1 aromatic heterocycles. The van der Waals surface area contributed by atoms with E-state index in [1.807, 2.05) is 39.8 Å². The van der Waals surface area contributed by atoms with E-state index in [0.29, 0.717) is 55.8 Å². The lowest BCUT2D eigenvalue weighted by molar-refractivity contribution is -0.148. The van der Waals surface area contributed by atoms with E-state index in [1.54, 1.807) is 29.5 Å². The highest BCUT2D eigenvalue weighted by molar-refractivity contribution is 7.09. The van der Waals surface area contributed by atoms with Crippen LogP contribution in [0.1, 0.15) is 113 Å². The summed E-state index contributed by atoms with van der Waals surface area (Å²) < 4.78 is 5.65. The molecule has 14 nitrogen and oxygen atoms in total. The largest absolute Gasteiger partial charge is 0.455 e. The standard InChI is InChI=1S/C39H54N6O8S/c1-7-8-13-35(49)44(6)31(25(2)3)22-32(53-27(5)46)39-43-30(24-54-39)38(52)41-26(4)21-28-14-16-29(17-15-28)42-34(48)23-40-33(47)12-10-9-11-20-45-36(50)18-19-37(45)51/h14-19,24-26,31-32H,7-13,20-23H2,1-6H3,(H,40,47)(H,41,52)(H,42,48). The van der Waals surface area contributed by atoms with Gasteiger partial charge in [0.25, 0.3) is 17.7 Å². The number of ether oxygens (including phenoxy) is 1. The smallest absolute Gasteiger partial charge is 0.303 e. The van der Waals surface area contributed by atoms with Gasteiger partial charge in [-0.2, -0.15) is 0 Å². The minimum Gasteiger partial charge on any atom is -0.455 e. The molecule has 1 aliphatic rings. The second-order valence-electron chi connectivity index (χ2n) is 13.9. The monoisotopic (exact) mass is 766 g/mol. The van der Waals surface area contributed by atoms with Crippen LogP contribution < -0.4 is 16.0 Å². The summed E-state index contributed by atoms with van der Waals surface area (Å²) >= 11 is 1.23. The lowest BCUT2D eigenvalue weighted by Gasteiger charge is -2.33. The van der Waals surface area contributed by atoms with Crippen molar-refractivity contribution in [1.29, 1.82) is 0 Å². The van der Waals surface area contributed by atoms with Crippen LogP contribution in [0.5, 0.6) is 0 Å². The maximum atomic E-state index is 13.1. The fraction of sp³-hybridized carbons (Fsp3) is 0.538. The first-order chi connectivity index (χ1) is 25.7. The van der Waals surface area contributed by atoms with E-state index in [4.69, 9.17) is 4.74 Å². The van der Waals surface area contributed by atoms with E-state index in [9.17, 15) is 33.6 Å². The first-order valence-corrected chi connectivity index (χ1v) is 19.4. The molecule has 1 aromatic carbocycles. The van der Waals surface area contributed by atoms with Crippen LogP contribution in [0.25, 0.3) is 0 Å². The van der Waals surface area contributed by atoms with Gasteiger partial charge in [-0.1, -0.05) is 45.7 Å². The van der Waals surface area contributed by atoms with Crippen molar-refractivity contribution in [3.8, 4) is 0 Å². The molecule has 2 aromatic rings. The van der Waals surface area contributed by atoms with Crippen LogP contribution in [0.3, 0.4) is 0 Å². The average molecular weight is 767 g/mol. The first-order valence-electron chi connectivity index (χ1n) is 18.6. The van der Waals surface area contributed by atoms with Gasteiger partial charge in [-0.3, -0.25) is 38.5 Å². The van der Waals surface area contributed by atoms with Crippen molar-refractivity contribution in [1.82, 2.24) is 25.4 Å². The van der Waals surface area contributed by atoms with Crippen LogP contribution in [-0.4, -0.2) is 88.4 Å². The second-order valence-corrected chi connectivity index (χ2v) is 14.8. The number of carbonyl (C=O) groups excluding carboxylic acids is 7. The molecule has 0 bridgehead atoms. The number of rotatable bonds is 22. The fourth-order valence-corrected chi connectivity index (χ4v) is 6.85. The Hall–Kier alpha value is -4.92. The summed E-state index contributed by atoms with van der Waals surface area (Å²) in [5, 5.41) is 10.4. The number of imide groups is 1. The summed E-state index contributed by atoms with van der Waals surface area (Å²) in [6.07, 6.45) is 6.89. The molecule has 3 atom stereocenters. The Morgan fingerprint density at radius 3 is 2.24 bits per heavy atom. The number of nitrogens with one attached hydrogen (secondary N) is 3. The van der Waals surface area contributed by atoms with Gasteiger partial charge < -0.3 is 25.6 Å². The van der Waals surface area contributed by atoms with Crippen LogP contribution in [0, 0.1) is 5.92 Å². The molecule has 0 spiro atoms. The van der Waals surface area contributed by atoms with Crippen LogP contribution in [0.2, 0.25) is 0 Å². The molecular weight excluding hydrogens is 713 g/mol. The zero-order chi connectivity index (χ0) is 39.8. The van der Waals surface area contributed by atoms with Crippen molar-refractivity contribution < 1.29 is 38.3 Å². The molecule has 0 saturated carbocycles. The highest BCUT2D eigenvalue weighted by Gasteiger charge is 2.31. The third-order valence-electron chi connectivity index (χ3n) is 8.99. The van der Waals surface area contributed by atoms with Crippen molar-refractivity contribution in [3.63, 3.8) is 0 Å². The van der Waals surface area contributed by atoms with Gasteiger partial charge in [-0.25, -0.2) is 4.98 Å². The van der Waals surface area contributed by atoms with Gasteiger partial charge in [0.05, 0.1) is 6.54 Å². The van der Waals surface area contributed by atoms with Gasteiger partial charge in [0, 0.05) is 75.1 Å². The SMILES string of the molecule is CCCCC(=O)N(C)C(CC(OC(C)=O)c1nc(C(=O)NC(C)Cc2ccc(NC(=O)CNC(=O)CCCCCN3C(=O)C=CC3=O)cc2)cs1)C(C)C. The van der Waals surface area contributed by atoms with E-state index >= 15 is 0 Å². The second kappa shape index (κ2) is 21.7. The molecule has 3 N–H and O–H groups in total. The van der Waals surface area contributed by atoms with E-state index in [0.717, 1.165) is 18.4 Å². The summed E-state index contributed by atoms with van der Waals surface area (Å²) in [6, 6.07) is 6.73. The number of esters is 1. The molecule has 1 aliphatic heterocycles. The van der Waals surface area contributed by atoms with Gasteiger partial charge >= 0.3 is 5.97 Å². The molecule has 294 valence electrons. The molecule has 0 aliphatic carbocycles. The fourth-order valence-electron chi connectivity index (χ4n) is 6.01. The molecule has 3 unspecified atom stereocenters. The van der Waals surface area contributed by atoms with E-state index < -0.39 is 12.1 Å². The predicted octanol–water partition coefficient (Wildman–Crippen LogP) is 4.71. The Morgan fingerprint density at radius 1 is 0.926 bits per heavy atom. The summed E-state index contributed by atoms with van der Waals surface area (Å²) in [7, 11) is 1.78. The number of carbonyl (C=O) groups is 7. The van der Waals surface area contributed by atoms with Crippen molar-refractivity contribution in [2.75, 3.05) is 25.5 Å². The number of hydrogen-bond acceptors (Lipinski definition) is 10. The summed E-state index contributed by atoms with van der Waals surface area (Å²) in [6.45, 7) is 9.42. The summed E-state index contributed by atoms with van der Waals surface area (Å²) in [4.78, 5) is 93.1. The number of thiazole rings is 1. The molecule has 0 radical (unpaired) electrons. The highest BCUT2D eigenvalue weighted by atomic mass is 32.1. The summed E-state index contributed by atoms with van der Waals surface area (Å²) in [5.41, 5.74) is 1.70. The van der Waals surface area contributed by atoms with Gasteiger partial charge in [0.15, 0.2) is 6.10 Å². The topological polar surface area (TPSA) is 184 Å². The maximum Gasteiger partial charge on any atom is 0.303 e. The first kappa shape index (κ1) is 43.5. The number of hydrogen-bond donors (Lipinski definition) is 3. The minimum atomic E-state index is -0.710. The van der Waals surface area contributed by atoms with Crippen LogP contribution >= 0.6 is 11.3 Å². The van der Waals surface area contributed by atoms with E-state index in [-0.39, 0.29) is 72.1 Å². The van der Waals surface area contributed by atoms with Crippen molar-refractivity contribution >= 4 is 58.4 Å². The van der Waals surface area contributed by atoms with Crippen molar-refractivity contribution in [2.24, 2.45) is 5.92 Å². The Labute approximate surface area is 321 Å². The number of anilines is 1. The average Bonchev–Trinajstić information content (AvgIpc) is 3.74. The molecule has 54 heavy (non-hydrogen) atoms. The van der Waals surface area contributed by atoms with Crippen LogP contribution in [0.15, 0.2) is 41.8 Å². The highest BCUT2D eigenvalue weighted by Crippen LogP contribution is 2.30. The number of unbranched alkanes of at least 4 members (excludes halogenated alkanes) is 3. The molecule has 0 saturated heterocycles. The molecule has 0 fully saturated rings. The van der Waals surface area contributed by atoms with E-state index in [2.05, 4.69) is 20.9 Å². The zero-order valence-electron chi connectivity index (χ0n) is 32.1. The number of nitrogens with zero attached hydrogens (tertiary/aromatic N) is 3. The Morgan fingerprint density at radius 2 is 1.61 bits per heavy atom. The number of benzene rings is 1. The lowest BCUT2D eigenvalue weighted by Crippen LogP contribution is -2.41. The third kappa shape index (κ3) is 14.1. The van der Waals surface area contributed by atoms with Crippen LogP contribution in [-0.2, 0) is 39.9 Å².